The molecule has 36 heavy (non-hydrogen) atoms. The van der Waals surface area contributed by atoms with Gasteiger partial charge in [-0.05, 0) is 49.7 Å². The van der Waals surface area contributed by atoms with Gasteiger partial charge in [0, 0.05) is 51.3 Å². The predicted molar refractivity (Wildman–Crippen MR) is 127 cm³/mol. The summed E-state index contributed by atoms with van der Waals surface area (Å²) in [4.78, 5) is 43.9. The number of hydrogen-bond donors (Lipinski definition) is 2. The van der Waals surface area contributed by atoms with Crippen LogP contribution < -0.4 is 10.2 Å². The summed E-state index contributed by atoms with van der Waals surface area (Å²) in [6.45, 7) is 7.88. The fraction of sp³-hybridized carbons (Fsp3) is 0.680. The van der Waals surface area contributed by atoms with E-state index in [9.17, 15) is 22.8 Å². The summed E-state index contributed by atoms with van der Waals surface area (Å²) in [5.41, 5.74) is -0.431. The molecule has 1 aromatic rings. The Kier molecular flexibility index (Phi) is 8.84. The summed E-state index contributed by atoms with van der Waals surface area (Å²) in [7, 11) is 0. The third-order valence-corrected chi connectivity index (χ3v) is 7.04. The number of amides is 2. The third kappa shape index (κ3) is 7.10. The second kappa shape index (κ2) is 11.5. The molecule has 8 nitrogen and oxygen atoms in total. The highest BCUT2D eigenvalue weighted by molar-refractivity contribution is 5.85. The molecule has 2 saturated heterocycles. The average Bonchev–Trinajstić information content (AvgIpc) is 3.60. The minimum atomic E-state index is -5.08. The maximum atomic E-state index is 13.5. The van der Waals surface area contributed by atoms with Crippen LogP contribution in [-0.2, 0) is 14.4 Å². The van der Waals surface area contributed by atoms with Crippen molar-refractivity contribution in [3.05, 3.63) is 24.4 Å². The number of aromatic nitrogens is 1. The molecule has 2 amide bonds. The highest BCUT2D eigenvalue weighted by Crippen LogP contribution is 2.44. The fourth-order valence-electron chi connectivity index (χ4n) is 4.96. The second-order valence-corrected chi connectivity index (χ2v) is 10.4. The predicted octanol–water partition coefficient (Wildman–Crippen LogP) is 3.33. The molecule has 4 rings (SSSR count). The lowest BCUT2D eigenvalue weighted by Gasteiger charge is -2.32. The lowest BCUT2D eigenvalue weighted by atomic mass is 9.74. The van der Waals surface area contributed by atoms with Gasteiger partial charge in [0.1, 0.15) is 5.82 Å². The van der Waals surface area contributed by atoms with Crippen LogP contribution in [0.4, 0.5) is 19.0 Å². The van der Waals surface area contributed by atoms with Crippen LogP contribution in [0.5, 0.6) is 0 Å². The third-order valence-electron chi connectivity index (χ3n) is 7.04. The smallest absolute Gasteiger partial charge is 0.475 e. The minimum Gasteiger partial charge on any atom is -0.475 e. The van der Waals surface area contributed by atoms with Crippen molar-refractivity contribution in [2.24, 2.45) is 23.2 Å². The first kappa shape index (κ1) is 27.7. The Hall–Kier alpha value is -2.85. The molecule has 0 spiro atoms. The number of likely N-dealkylation sites (tertiary alicyclic amines) is 1. The maximum absolute atomic E-state index is 13.5. The summed E-state index contributed by atoms with van der Waals surface area (Å²) < 4.78 is 31.7. The van der Waals surface area contributed by atoms with E-state index in [0.29, 0.717) is 31.3 Å². The standard InChI is InChI=1S/C23H34N4O2.C2HF3O2/c1-17(2)12-21(28)26-11-5-9-23(22(29)25-13-18-7-8-18)16-27(15-19(23)14-26)20-6-3-4-10-24-20;3-2(4,5)1(6)7/h3-4,6,10,17-19H,5,7-9,11-16H2,1-2H3,(H,25,29);(H,6,7)/t19-,23-;/m0./s1. The van der Waals surface area contributed by atoms with Crippen molar-refractivity contribution < 1.29 is 32.7 Å². The van der Waals surface area contributed by atoms with E-state index in [-0.39, 0.29) is 17.7 Å². The number of carbonyl (C=O) groups excluding carboxylic acids is 2. The molecule has 1 aromatic heterocycles. The van der Waals surface area contributed by atoms with Gasteiger partial charge in [-0.2, -0.15) is 13.2 Å². The molecular formula is C25H35F3N4O4. The molecule has 2 N–H and O–H groups in total. The normalized spacial score (nSPS) is 23.9. The van der Waals surface area contributed by atoms with Crippen molar-refractivity contribution in [1.82, 2.24) is 15.2 Å². The summed E-state index contributed by atoms with van der Waals surface area (Å²) in [6.07, 6.45) is 1.48. The SMILES string of the molecule is CC(C)CC(=O)N1CCC[C@]2(C(=O)NCC3CC3)CN(c3ccccn3)C[C@@H]2C1.O=C(O)C(F)(F)F. The number of nitrogens with zero attached hydrogens (tertiary/aromatic N) is 3. The number of carbonyl (C=O) groups is 3. The topological polar surface area (TPSA) is 103 Å². The van der Waals surface area contributed by atoms with Crippen molar-refractivity contribution in [2.45, 2.75) is 52.1 Å². The van der Waals surface area contributed by atoms with E-state index in [1.807, 2.05) is 29.3 Å². The molecule has 11 heteroatoms. The number of rotatable bonds is 6. The van der Waals surface area contributed by atoms with E-state index in [1.54, 1.807) is 0 Å². The number of aliphatic carboxylic acids is 1. The molecule has 0 bridgehead atoms. The quantitative estimate of drug-likeness (QED) is 0.606. The van der Waals surface area contributed by atoms with Gasteiger partial charge in [-0.1, -0.05) is 19.9 Å². The second-order valence-electron chi connectivity index (χ2n) is 10.4. The zero-order chi connectivity index (χ0) is 26.5. The Morgan fingerprint density at radius 1 is 1.22 bits per heavy atom. The zero-order valence-electron chi connectivity index (χ0n) is 20.8. The number of carboxylic acid groups (broad SMARTS) is 1. The van der Waals surface area contributed by atoms with Crippen LogP contribution in [0.2, 0.25) is 0 Å². The van der Waals surface area contributed by atoms with E-state index in [0.717, 1.165) is 38.3 Å². The van der Waals surface area contributed by atoms with Crippen LogP contribution in [-0.4, -0.2) is 71.7 Å². The van der Waals surface area contributed by atoms with E-state index in [1.165, 1.54) is 12.8 Å². The molecule has 200 valence electrons. The minimum absolute atomic E-state index is 0.141. The Bertz CT molecular complexity index is 924. The molecule has 2 aliphatic heterocycles. The van der Waals surface area contributed by atoms with Crippen LogP contribution in [0.25, 0.3) is 0 Å². The summed E-state index contributed by atoms with van der Waals surface area (Å²) >= 11 is 0. The van der Waals surface area contributed by atoms with Crippen LogP contribution in [0.3, 0.4) is 0 Å². The first-order valence-corrected chi connectivity index (χ1v) is 12.4. The summed E-state index contributed by atoms with van der Waals surface area (Å²) in [6, 6.07) is 5.93. The Balaban J connectivity index is 0.000000454. The van der Waals surface area contributed by atoms with Gasteiger partial charge in [0.2, 0.25) is 11.8 Å². The van der Waals surface area contributed by atoms with Gasteiger partial charge in [-0.3, -0.25) is 9.59 Å². The van der Waals surface area contributed by atoms with Crippen LogP contribution in [0.1, 0.15) is 46.0 Å². The molecule has 0 radical (unpaired) electrons. The van der Waals surface area contributed by atoms with E-state index < -0.39 is 17.6 Å². The molecular weight excluding hydrogens is 477 g/mol. The van der Waals surface area contributed by atoms with Gasteiger partial charge in [0.25, 0.3) is 0 Å². The maximum Gasteiger partial charge on any atom is 0.490 e. The molecule has 1 aliphatic carbocycles. The molecule has 3 heterocycles. The molecule has 0 aromatic carbocycles. The van der Waals surface area contributed by atoms with Crippen LogP contribution in [0.15, 0.2) is 24.4 Å². The monoisotopic (exact) mass is 512 g/mol. The van der Waals surface area contributed by atoms with Crippen molar-refractivity contribution in [3.8, 4) is 0 Å². The van der Waals surface area contributed by atoms with Gasteiger partial charge in [0.15, 0.2) is 0 Å². The van der Waals surface area contributed by atoms with Crippen molar-refractivity contribution in [2.75, 3.05) is 37.6 Å². The lowest BCUT2D eigenvalue weighted by Crippen LogP contribution is -2.48. The van der Waals surface area contributed by atoms with E-state index >= 15 is 0 Å². The van der Waals surface area contributed by atoms with E-state index in [4.69, 9.17) is 9.90 Å². The molecule has 2 atom stereocenters. The Morgan fingerprint density at radius 2 is 1.92 bits per heavy atom. The molecule has 3 fully saturated rings. The highest BCUT2D eigenvalue weighted by Gasteiger charge is 2.53. The van der Waals surface area contributed by atoms with Crippen LogP contribution in [0, 0.1) is 23.2 Å². The van der Waals surface area contributed by atoms with Gasteiger partial charge < -0.3 is 20.2 Å². The number of hydrogen-bond acceptors (Lipinski definition) is 5. The average molecular weight is 513 g/mol. The van der Waals surface area contributed by atoms with Gasteiger partial charge >= 0.3 is 12.1 Å². The van der Waals surface area contributed by atoms with Gasteiger partial charge in [-0.25, -0.2) is 9.78 Å². The van der Waals surface area contributed by atoms with E-state index in [2.05, 4.69) is 29.0 Å². The van der Waals surface area contributed by atoms with Crippen molar-refractivity contribution >= 4 is 23.6 Å². The number of anilines is 1. The summed E-state index contributed by atoms with van der Waals surface area (Å²) in [5, 5.41) is 10.4. The van der Waals surface area contributed by atoms with Crippen molar-refractivity contribution in [3.63, 3.8) is 0 Å². The number of fused-ring (bicyclic) bond motifs is 1. The zero-order valence-corrected chi connectivity index (χ0v) is 20.8. The molecule has 0 unspecified atom stereocenters. The van der Waals surface area contributed by atoms with Crippen LogP contribution >= 0.6 is 0 Å². The number of halogens is 3. The molecule has 1 saturated carbocycles. The Labute approximate surface area is 209 Å². The summed E-state index contributed by atoms with van der Waals surface area (Å²) in [5.74, 6) is -0.260. The van der Waals surface area contributed by atoms with Gasteiger partial charge in [0.05, 0.1) is 5.41 Å². The number of alkyl halides is 3. The first-order valence-electron chi connectivity index (χ1n) is 12.4. The van der Waals surface area contributed by atoms with Gasteiger partial charge in [-0.15, -0.1) is 0 Å². The Morgan fingerprint density at radius 3 is 2.47 bits per heavy atom. The van der Waals surface area contributed by atoms with Crippen molar-refractivity contribution in [1.29, 1.82) is 0 Å². The highest BCUT2D eigenvalue weighted by atomic mass is 19.4. The number of pyridine rings is 1. The number of nitrogens with one attached hydrogen (secondary N) is 1. The fourth-order valence-corrected chi connectivity index (χ4v) is 4.96. The molecule has 3 aliphatic rings. The lowest BCUT2D eigenvalue weighted by molar-refractivity contribution is -0.192. The first-order chi connectivity index (χ1) is 16.9. The largest absolute Gasteiger partial charge is 0.490 e. The number of carboxylic acids is 1.